The maximum atomic E-state index is 11.2. The van der Waals surface area contributed by atoms with Crippen molar-refractivity contribution in [2.24, 2.45) is 0 Å². The van der Waals surface area contributed by atoms with Gasteiger partial charge in [0.15, 0.2) is 0 Å². The van der Waals surface area contributed by atoms with E-state index in [4.69, 9.17) is 18.0 Å². The van der Waals surface area contributed by atoms with E-state index < -0.39 is 8.80 Å². The average Bonchev–Trinajstić information content (AvgIpc) is 2.45. The summed E-state index contributed by atoms with van der Waals surface area (Å²) in [5.74, 6) is -0.341. The Morgan fingerprint density at radius 3 is 2.25 bits per heavy atom. The van der Waals surface area contributed by atoms with Gasteiger partial charge in [0.25, 0.3) is 0 Å². The third-order valence-electron chi connectivity index (χ3n) is 2.90. The second kappa shape index (κ2) is 11.0. The summed E-state index contributed by atoms with van der Waals surface area (Å²) in [6.45, 7) is 8.33. The average molecular weight is 304 g/mol. The fourth-order valence-electron chi connectivity index (χ4n) is 1.58. The molecule has 0 radical (unpaired) electrons. The maximum absolute atomic E-state index is 11.2. The zero-order valence-corrected chi connectivity index (χ0v) is 14.2. The van der Waals surface area contributed by atoms with E-state index >= 15 is 0 Å². The molecule has 0 aliphatic heterocycles. The Morgan fingerprint density at radius 1 is 1.10 bits per heavy atom. The van der Waals surface area contributed by atoms with Crippen molar-refractivity contribution in [2.75, 3.05) is 27.4 Å². The molecule has 6 heteroatoms. The molecule has 0 aromatic rings. The van der Waals surface area contributed by atoms with Gasteiger partial charge >= 0.3 is 14.8 Å². The van der Waals surface area contributed by atoms with Crippen LogP contribution in [-0.4, -0.2) is 42.2 Å². The Kier molecular flexibility index (Phi) is 10.6. The SMILES string of the molecule is C=C(C)C(=O)OCCCC[Si](OC)(OC)OCCCC. The first kappa shape index (κ1) is 19.3. The van der Waals surface area contributed by atoms with E-state index in [-0.39, 0.29) is 5.97 Å². The smallest absolute Gasteiger partial charge is 0.462 e. The van der Waals surface area contributed by atoms with Crippen molar-refractivity contribution in [3.8, 4) is 0 Å². The number of unbranched alkanes of at least 4 members (excludes halogenated alkanes) is 2. The molecule has 0 bridgehead atoms. The lowest BCUT2D eigenvalue weighted by molar-refractivity contribution is -0.139. The van der Waals surface area contributed by atoms with Crippen molar-refractivity contribution in [3.05, 3.63) is 12.2 Å². The van der Waals surface area contributed by atoms with E-state index in [9.17, 15) is 4.79 Å². The molecule has 0 aliphatic rings. The van der Waals surface area contributed by atoms with Gasteiger partial charge in [-0.2, -0.15) is 0 Å². The first-order chi connectivity index (χ1) is 9.51. The molecule has 0 N–H and O–H groups in total. The summed E-state index contributed by atoms with van der Waals surface area (Å²) < 4.78 is 21.8. The summed E-state index contributed by atoms with van der Waals surface area (Å²) in [6, 6.07) is 0.730. The van der Waals surface area contributed by atoms with Gasteiger partial charge in [0.05, 0.1) is 6.61 Å². The van der Waals surface area contributed by atoms with Crippen molar-refractivity contribution in [1.82, 2.24) is 0 Å². The van der Waals surface area contributed by atoms with Crippen LogP contribution >= 0.6 is 0 Å². The zero-order chi connectivity index (χ0) is 15.4. The van der Waals surface area contributed by atoms with Crippen molar-refractivity contribution >= 4 is 14.8 Å². The standard InChI is InChI=1S/C14H28O5Si/c1-6-7-11-19-20(16-4,17-5)12-9-8-10-18-14(15)13(2)3/h2,6-12H2,1,3-5H3. The van der Waals surface area contributed by atoms with Crippen LogP contribution in [-0.2, 0) is 22.8 Å². The molecular weight excluding hydrogens is 276 g/mol. The fraction of sp³-hybridized carbons (Fsp3) is 0.786. The largest absolute Gasteiger partial charge is 0.500 e. The van der Waals surface area contributed by atoms with Gasteiger partial charge in [0.1, 0.15) is 0 Å². The van der Waals surface area contributed by atoms with Gasteiger partial charge in [-0.3, -0.25) is 0 Å². The van der Waals surface area contributed by atoms with E-state index in [1.807, 2.05) is 0 Å². The van der Waals surface area contributed by atoms with Crippen LogP contribution in [0.4, 0.5) is 0 Å². The molecule has 0 unspecified atom stereocenters. The number of esters is 1. The number of carbonyl (C=O) groups is 1. The predicted octanol–water partition coefficient (Wildman–Crippen LogP) is 2.93. The zero-order valence-electron chi connectivity index (χ0n) is 13.2. The minimum absolute atomic E-state index is 0.341. The molecule has 0 amide bonds. The fourth-order valence-corrected chi connectivity index (χ4v) is 3.67. The molecule has 0 saturated heterocycles. The van der Waals surface area contributed by atoms with Crippen molar-refractivity contribution in [3.63, 3.8) is 0 Å². The quantitative estimate of drug-likeness (QED) is 0.240. The molecule has 0 fully saturated rings. The van der Waals surface area contributed by atoms with Crippen LogP contribution in [0.25, 0.3) is 0 Å². The van der Waals surface area contributed by atoms with E-state index in [0.29, 0.717) is 18.8 Å². The Balaban J connectivity index is 3.96. The molecule has 0 aromatic carbocycles. The third kappa shape index (κ3) is 7.79. The molecule has 0 heterocycles. The number of hydrogen-bond acceptors (Lipinski definition) is 5. The molecule has 118 valence electrons. The van der Waals surface area contributed by atoms with Crippen LogP contribution in [0.5, 0.6) is 0 Å². The summed E-state index contributed by atoms with van der Waals surface area (Å²) in [5, 5.41) is 0. The molecule has 0 aromatic heterocycles. The topological polar surface area (TPSA) is 54.0 Å². The van der Waals surface area contributed by atoms with Crippen LogP contribution in [0.1, 0.15) is 39.5 Å². The van der Waals surface area contributed by atoms with Gasteiger partial charge in [0.2, 0.25) is 0 Å². The maximum Gasteiger partial charge on any atom is 0.500 e. The number of carbonyl (C=O) groups excluding carboxylic acids is 1. The minimum Gasteiger partial charge on any atom is -0.462 e. The van der Waals surface area contributed by atoms with Crippen LogP contribution < -0.4 is 0 Å². The number of hydrogen-bond donors (Lipinski definition) is 0. The van der Waals surface area contributed by atoms with E-state index in [1.165, 1.54) is 0 Å². The lowest BCUT2D eigenvalue weighted by Crippen LogP contribution is -2.44. The highest BCUT2D eigenvalue weighted by molar-refractivity contribution is 6.60. The highest BCUT2D eigenvalue weighted by Crippen LogP contribution is 2.18. The molecule has 0 rings (SSSR count). The molecule has 20 heavy (non-hydrogen) atoms. The predicted molar refractivity (Wildman–Crippen MR) is 80.4 cm³/mol. The highest BCUT2D eigenvalue weighted by Gasteiger charge is 2.38. The van der Waals surface area contributed by atoms with Crippen LogP contribution in [0.2, 0.25) is 6.04 Å². The van der Waals surface area contributed by atoms with Gasteiger partial charge in [-0.1, -0.05) is 19.9 Å². The highest BCUT2D eigenvalue weighted by atomic mass is 28.4. The third-order valence-corrected chi connectivity index (χ3v) is 5.75. The molecule has 0 spiro atoms. The van der Waals surface area contributed by atoms with Crippen molar-refractivity contribution in [2.45, 2.75) is 45.6 Å². The monoisotopic (exact) mass is 304 g/mol. The minimum atomic E-state index is -2.54. The summed E-state index contributed by atoms with van der Waals surface area (Å²) in [6.07, 6.45) is 3.67. The summed E-state index contributed by atoms with van der Waals surface area (Å²) in [4.78, 5) is 11.2. The molecule has 0 aliphatic carbocycles. The summed E-state index contributed by atoms with van der Waals surface area (Å²) in [5.41, 5.74) is 0.422. The van der Waals surface area contributed by atoms with E-state index in [2.05, 4.69) is 13.5 Å². The van der Waals surface area contributed by atoms with Crippen molar-refractivity contribution < 1.29 is 22.8 Å². The number of rotatable bonds is 12. The van der Waals surface area contributed by atoms with Gasteiger partial charge in [-0.15, -0.1) is 0 Å². The van der Waals surface area contributed by atoms with Crippen LogP contribution in [0, 0.1) is 0 Å². The second-order valence-corrected chi connectivity index (χ2v) is 7.64. The van der Waals surface area contributed by atoms with Gasteiger partial charge in [-0.05, 0) is 26.2 Å². The van der Waals surface area contributed by atoms with Gasteiger partial charge in [-0.25, -0.2) is 4.79 Å². The second-order valence-electron chi connectivity index (χ2n) is 4.67. The Labute approximate surface area is 123 Å². The van der Waals surface area contributed by atoms with Gasteiger partial charge in [0, 0.05) is 32.4 Å². The Bertz CT molecular complexity index is 289. The Morgan fingerprint density at radius 2 is 1.75 bits per heavy atom. The summed E-state index contributed by atoms with van der Waals surface area (Å²) in [7, 11) is 0.718. The normalized spacial score (nSPS) is 11.4. The van der Waals surface area contributed by atoms with E-state index in [0.717, 1.165) is 31.7 Å². The van der Waals surface area contributed by atoms with Crippen LogP contribution in [0.15, 0.2) is 12.2 Å². The first-order valence-corrected chi connectivity index (χ1v) is 9.01. The molecule has 5 nitrogen and oxygen atoms in total. The van der Waals surface area contributed by atoms with Gasteiger partial charge < -0.3 is 18.0 Å². The lowest BCUT2D eigenvalue weighted by Gasteiger charge is -2.26. The Hall–Kier alpha value is -0.693. The summed E-state index contributed by atoms with van der Waals surface area (Å²) >= 11 is 0. The van der Waals surface area contributed by atoms with E-state index in [1.54, 1.807) is 21.1 Å². The lowest BCUT2D eigenvalue weighted by atomic mass is 10.3. The molecule has 0 saturated carbocycles. The van der Waals surface area contributed by atoms with Crippen LogP contribution in [0.3, 0.4) is 0 Å². The first-order valence-electron chi connectivity index (χ1n) is 7.08. The molecular formula is C14H28O5Si. The van der Waals surface area contributed by atoms with Crippen molar-refractivity contribution in [1.29, 1.82) is 0 Å². The number of ether oxygens (including phenoxy) is 1. The molecule has 0 atom stereocenters.